The first-order valence-corrected chi connectivity index (χ1v) is 5.48. The first-order chi connectivity index (χ1) is 6.33. The third-order valence-corrected chi connectivity index (χ3v) is 2.71. The monoisotopic (exact) mass is 184 g/mol. The van der Waals surface area contributed by atoms with Gasteiger partial charge in [-0.15, -0.1) is 0 Å². The third kappa shape index (κ3) is 4.30. The Morgan fingerprint density at radius 1 is 1.38 bits per heavy atom. The Labute approximate surface area is 80.7 Å². The number of hydrogen-bond acceptors (Lipinski definition) is 2. The van der Waals surface area contributed by atoms with Gasteiger partial charge in [0.2, 0.25) is 0 Å². The van der Waals surface area contributed by atoms with Crippen LogP contribution in [0.2, 0.25) is 0 Å². The second-order valence-corrected chi connectivity index (χ2v) is 3.93. The Kier molecular flexibility index (Phi) is 4.87. The van der Waals surface area contributed by atoms with Crippen molar-refractivity contribution in [1.82, 2.24) is 0 Å². The summed E-state index contributed by atoms with van der Waals surface area (Å²) in [7, 11) is 0. The molecule has 0 aromatic rings. The average molecular weight is 184 g/mol. The van der Waals surface area contributed by atoms with E-state index in [1.807, 2.05) is 0 Å². The number of ether oxygens (including phenoxy) is 1. The van der Waals surface area contributed by atoms with Gasteiger partial charge in [0.1, 0.15) is 0 Å². The molecule has 1 saturated heterocycles. The van der Waals surface area contributed by atoms with Crippen molar-refractivity contribution in [2.45, 2.75) is 51.9 Å². The molecule has 1 atom stereocenters. The largest absolute Gasteiger partial charge is 0.466 e. The highest BCUT2D eigenvalue weighted by molar-refractivity contribution is 5.70. The predicted molar refractivity (Wildman–Crippen MR) is 52.4 cm³/mol. The summed E-state index contributed by atoms with van der Waals surface area (Å²) < 4.78 is 4.90. The number of unbranched alkanes of at least 4 members (excludes halogenated alkanes) is 3. The van der Waals surface area contributed by atoms with Gasteiger partial charge in [0.05, 0.1) is 6.61 Å². The topological polar surface area (TPSA) is 26.3 Å². The van der Waals surface area contributed by atoms with Crippen molar-refractivity contribution >= 4 is 5.97 Å². The summed E-state index contributed by atoms with van der Waals surface area (Å²) in [5, 5.41) is 0. The van der Waals surface area contributed by atoms with Crippen molar-refractivity contribution < 1.29 is 9.53 Å². The molecule has 1 fully saturated rings. The number of rotatable bonds is 5. The molecule has 1 rings (SSSR count). The molecule has 2 nitrogen and oxygen atoms in total. The minimum absolute atomic E-state index is 0.00624. The van der Waals surface area contributed by atoms with Gasteiger partial charge in [-0.2, -0.15) is 0 Å². The zero-order chi connectivity index (χ0) is 9.52. The average Bonchev–Trinajstić information content (AvgIpc) is 2.13. The van der Waals surface area contributed by atoms with E-state index in [2.05, 4.69) is 6.92 Å². The standard InChI is InChI=1S/C11H20O2/c1-2-3-4-5-6-10-7-8-13-11(12)9-10/h10H,2-9H2,1H3/t10-/m0/s1. The second-order valence-electron chi connectivity index (χ2n) is 3.93. The molecule has 0 N–H and O–H groups in total. The summed E-state index contributed by atoms with van der Waals surface area (Å²) in [5.74, 6) is 0.616. The van der Waals surface area contributed by atoms with E-state index in [0.717, 1.165) is 6.42 Å². The van der Waals surface area contributed by atoms with Crippen LogP contribution in [0, 0.1) is 5.92 Å². The van der Waals surface area contributed by atoms with Crippen LogP contribution in [-0.2, 0) is 9.53 Å². The van der Waals surface area contributed by atoms with Crippen LogP contribution in [0.3, 0.4) is 0 Å². The molecular formula is C11H20O2. The van der Waals surface area contributed by atoms with Crippen molar-refractivity contribution in [2.24, 2.45) is 5.92 Å². The minimum Gasteiger partial charge on any atom is -0.466 e. The summed E-state index contributed by atoms with van der Waals surface area (Å²) in [6.45, 7) is 2.87. The van der Waals surface area contributed by atoms with Gasteiger partial charge >= 0.3 is 5.97 Å². The van der Waals surface area contributed by atoms with Gasteiger partial charge in [-0.3, -0.25) is 4.79 Å². The van der Waals surface area contributed by atoms with E-state index >= 15 is 0 Å². The Balaban J connectivity index is 2.03. The number of cyclic esters (lactones) is 1. The molecule has 76 valence electrons. The zero-order valence-corrected chi connectivity index (χ0v) is 8.55. The maximum Gasteiger partial charge on any atom is 0.306 e. The lowest BCUT2D eigenvalue weighted by Gasteiger charge is -2.20. The summed E-state index contributed by atoms with van der Waals surface area (Å²) in [4.78, 5) is 10.9. The van der Waals surface area contributed by atoms with Gasteiger partial charge in [0, 0.05) is 6.42 Å². The zero-order valence-electron chi connectivity index (χ0n) is 8.55. The highest BCUT2D eigenvalue weighted by Crippen LogP contribution is 2.22. The van der Waals surface area contributed by atoms with Gasteiger partial charge in [-0.05, 0) is 18.8 Å². The van der Waals surface area contributed by atoms with Crippen LogP contribution in [0.15, 0.2) is 0 Å². The molecule has 13 heavy (non-hydrogen) atoms. The van der Waals surface area contributed by atoms with Crippen LogP contribution in [0.25, 0.3) is 0 Å². The van der Waals surface area contributed by atoms with Crippen LogP contribution >= 0.6 is 0 Å². The van der Waals surface area contributed by atoms with Crippen LogP contribution < -0.4 is 0 Å². The molecule has 0 radical (unpaired) electrons. The molecule has 1 aliphatic heterocycles. The molecule has 0 saturated carbocycles. The van der Waals surface area contributed by atoms with Gasteiger partial charge in [0.25, 0.3) is 0 Å². The lowest BCUT2D eigenvalue weighted by atomic mass is 9.93. The van der Waals surface area contributed by atoms with Crippen LogP contribution in [0.5, 0.6) is 0 Å². The quantitative estimate of drug-likeness (QED) is 0.485. The predicted octanol–water partition coefficient (Wildman–Crippen LogP) is 2.91. The first-order valence-electron chi connectivity index (χ1n) is 5.48. The highest BCUT2D eigenvalue weighted by Gasteiger charge is 2.19. The fourth-order valence-electron chi connectivity index (χ4n) is 1.84. The summed E-state index contributed by atoms with van der Waals surface area (Å²) in [6, 6.07) is 0. The van der Waals surface area contributed by atoms with Crippen molar-refractivity contribution in [1.29, 1.82) is 0 Å². The van der Waals surface area contributed by atoms with Crippen LogP contribution in [0.4, 0.5) is 0 Å². The van der Waals surface area contributed by atoms with E-state index in [1.165, 1.54) is 32.1 Å². The Morgan fingerprint density at radius 3 is 2.92 bits per heavy atom. The molecule has 0 bridgehead atoms. The Bertz CT molecular complexity index is 154. The third-order valence-electron chi connectivity index (χ3n) is 2.71. The molecule has 1 aliphatic rings. The SMILES string of the molecule is CCCCCC[C@H]1CCOC(=O)C1. The van der Waals surface area contributed by atoms with E-state index in [9.17, 15) is 4.79 Å². The summed E-state index contributed by atoms with van der Waals surface area (Å²) >= 11 is 0. The highest BCUT2D eigenvalue weighted by atomic mass is 16.5. The fourth-order valence-corrected chi connectivity index (χ4v) is 1.84. The van der Waals surface area contributed by atoms with Crippen LogP contribution in [0.1, 0.15) is 51.9 Å². The van der Waals surface area contributed by atoms with Crippen molar-refractivity contribution in [3.63, 3.8) is 0 Å². The minimum atomic E-state index is 0.00624. The van der Waals surface area contributed by atoms with Crippen molar-refractivity contribution in [3.05, 3.63) is 0 Å². The molecule has 0 unspecified atom stereocenters. The molecule has 0 amide bonds. The van der Waals surface area contributed by atoms with Gasteiger partial charge < -0.3 is 4.74 Å². The fraction of sp³-hybridized carbons (Fsp3) is 0.909. The van der Waals surface area contributed by atoms with Crippen LogP contribution in [-0.4, -0.2) is 12.6 Å². The normalized spacial score (nSPS) is 22.8. The van der Waals surface area contributed by atoms with E-state index in [-0.39, 0.29) is 5.97 Å². The first kappa shape index (κ1) is 10.6. The van der Waals surface area contributed by atoms with E-state index in [0.29, 0.717) is 18.9 Å². The van der Waals surface area contributed by atoms with E-state index in [4.69, 9.17) is 4.74 Å². The lowest BCUT2D eigenvalue weighted by molar-refractivity contribution is -0.149. The molecule has 0 aromatic heterocycles. The molecule has 0 spiro atoms. The van der Waals surface area contributed by atoms with Crippen molar-refractivity contribution in [3.8, 4) is 0 Å². The molecular weight excluding hydrogens is 164 g/mol. The molecule has 0 aromatic carbocycles. The number of carbonyl (C=O) groups excluding carboxylic acids is 1. The van der Waals surface area contributed by atoms with Gasteiger partial charge in [-0.1, -0.05) is 32.6 Å². The molecule has 1 heterocycles. The maximum absolute atomic E-state index is 10.9. The summed E-state index contributed by atoms with van der Waals surface area (Å²) in [6.07, 6.45) is 8.18. The summed E-state index contributed by atoms with van der Waals surface area (Å²) in [5.41, 5.74) is 0. The smallest absolute Gasteiger partial charge is 0.306 e. The maximum atomic E-state index is 10.9. The van der Waals surface area contributed by atoms with Crippen molar-refractivity contribution in [2.75, 3.05) is 6.61 Å². The van der Waals surface area contributed by atoms with E-state index < -0.39 is 0 Å². The van der Waals surface area contributed by atoms with Gasteiger partial charge in [0.15, 0.2) is 0 Å². The van der Waals surface area contributed by atoms with E-state index in [1.54, 1.807) is 0 Å². The second kappa shape index (κ2) is 6.01. The lowest BCUT2D eigenvalue weighted by Crippen LogP contribution is -2.20. The number of esters is 1. The Morgan fingerprint density at radius 2 is 2.23 bits per heavy atom. The number of carbonyl (C=O) groups is 1. The molecule has 0 aliphatic carbocycles. The molecule has 2 heteroatoms. The Hall–Kier alpha value is -0.530. The number of hydrogen-bond donors (Lipinski definition) is 0. The van der Waals surface area contributed by atoms with Gasteiger partial charge in [-0.25, -0.2) is 0 Å².